The largest absolute Gasteiger partial charge is 0.488 e. The first-order valence-electron chi connectivity index (χ1n) is 15.4. The van der Waals surface area contributed by atoms with Gasteiger partial charge in [0.05, 0.1) is 16.1 Å². The highest BCUT2D eigenvalue weighted by atomic mass is 35.5. The summed E-state index contributed by atoms with van der Waals surface area (Å²) in [6, 6.07) is 31.6. The van der Waals surface area contributed by atoms with Gasteiger partial charge >= 0.3 is 0 Å². The van der Waals surface area contributed by atoms with E-state index in [1.165, 1.54) is 18.4 Å². The summed E-state index contributed by atoms with van der Waals surface area (Å²) in [6.45, 7) is 6.13. The predicted octanol–water partition coefficient (Wildman–Crippen LogP) is 8.17. The first kappa shape index (κ1) is 30.4. The molecular formula is C37H36ClN3O4. The minimum Gasteiger partial charge on any atom is -0.488 e. The molecule has 0 saturated carbocycles. The first-order chi connectivity index (χ1) is 22.1. The molecule has 1 aromatic heterocycles. The molecule has 230 valence electrons. The molecule has 0 aliphatic carbocycles. The van der Waals surface area contributed by atoms with Gasteiger partial charge in [-0.3, -0.25) is 9.69 Å². The van der Waals surface area contributed by atoms with E-state index in [9.17, 15) is 4.79 Å². The van der Waals surface area contributed by atoms with Crippen molar-refractivity contribution in [3.8, 4) is 33.9 Å². The highest BCUT2D eigenvalue weighted by molar-refractivity contribution is 6.32. The number of carbonyl (C=O) groups is 1. The van der Waals surface area contributed by atoms with Crippen LogP contribution in [0, 0.1) is 0 Å². The summed E-state index contributed by atoms with van der Waals surface area (Å²) in [5.41, 5.74) is 5.39. The van der Waals surface area contributed by atoms with Gasteiger partial charge in [0.1, 0.15) is 24.7 Å². The van der Waals surface area contributed by atoms with Gasteiger partial charge < -0.3 is 19.3 Å². The number of amides is 1. The summed E-state index contributed by atoms with van der Waals surface area (Å²) < 4.78 is 18.5. The summed E-state index contributed by atoms with van der Waals surface area (Å²) >= 11 is 6.83. The molecule has 8 heteroatoms. The van der Waals surface area contributed by atoms with Crippen LogP contribution in [0.2, 0.25) is 5.02 Å². The van der Waals surface area contributed by atoms with Crippen molar-refractivity contribution in [2.45, 2.75) is 39.5 Å². The van der Waals surface area contributed by atoms with Crippen molar-refractivity contribution in [1.29, 1.82) is 0 Å². The van der Waals surface area contributed by atoms with Crippen molar-refractivity contribution < 1.29 is 18.8 Å². The van der Waals surface area contributed by atoms with Gasteiger partial charge in [-0.2, -0.15) is 0 Å². The van der Waals surface area contributed by atoms with E-state index >= 15 is 0 Å². The molecule has 7 nitrogen and oxygen atoms in total. The number of hydrogen-bond acceptors (Lipinski definition) is 6. The number of benzene rings is 4. The smallest absolute Gasteiger partial charge is 0.274 e. The topological polar surface area (TPSA) is 76.8 Å². The fraction of sp³-hybridized carbons (Fsp3) is 0.243. The zero-order valence-corrected chi connectivity index (χ0v) is 26.1. The molecule has 0 unspecified atom stereocenters. The number of nitrogens with one attached hydrogen (secondary N) is 1. The molecule has 1 aliphatic heterocycles. The van der Waals surface area contributed by atoms with E-state index in [0.29, 0.717) is 53.2 Å². The van der Waals surface area contributed by atoms with Crippen molar-refractivity contribution >= 4 is 17.5 Å². The molecule has 6 rings (SSSR count). The maximum absolute atomic E-state index is 13.2. The van der Waals surface area contributed by atoms with Gasteiger partial charge in [0.25, 0.3) is 5.91 Å². The quantitative estimate of drug-likeness (QED) is 0.151. The maximum Gasteiger partial charge on any atom is 0.274 e. The molecule has 0 radical (unpaired) electrons. The van der Waals surface area contributed by atoms with E-state index in [-0.39, 0.29) is 11.6 Å². The number of likely N-dealkylation sites (tertiary alicyclic amines) is 1. The molecule has 0 spiro atoms. The average molecular weight is 622 g/mol. The molecule has 1 N–H and O–H groups in total. The lowest BCUT2D eigenvalue weighted by molar-refractivity contribution is 0.0947. The van der Waals surface area contributed by atoms with Gasteiger partial charge in [0, 0.05) is 19.2 Å². The van der Waals surface area contributed by atoms with Crippen LogP contribution in [0.5, 0.6) is 11.5 Å². The van der Waals surface area contributed by atoms with Gasteiger partial charge in [-0.25, -0.2) is 0 Å². The van der Waals surface area contributed by atoms with E-state index in [2.05, 4.69) is 27.5 Å². The van der Waals surface area contributed by atoms with Crippen molar-refractivity contribution in [1.82, 2.24) is 15.4 Å². The van der Waals surface area contributed by atoms with Crippen LogP contribution in [-0.2, 0) is 19.8 Å². The second-order valence-corrected chi connectivity index (χ2v) is 11.5. The molecule has 1 aliphatic rings. The summed E-state index contributed by atoms with van der Waals surface area (Å²) in [5, 5.41) is 7.51. The SMILES string of the molecule is CCNC(=O)c1noc(-c2cc(Cl)c(OCc3ccccc3)cc2OCc2ccccc2)c1-c1ccc(CN2CCCC2)cc1. The van der Waals surface area contributed by atoms with Crippen molar-refractivity contribution in [3.05, 3.63) is 124 Å². The Morgan fingerprint density at radius 1 is 0.844 bits per heavy atom. The molecule has 1 fully saturated rings. The minimum atomic E-state index is -0.315. The summed E-state index contributed by atoms with van der Waals surface area (Å²) in [7, 11) is 0. The van der Waals surface area contributed by atoms with Crippen LogP contribution in [0.25, 0.3) is 22.5 Å². The van der Waals surface area contributed by atoms with Crippen LogP contribution in [0.15, 0.2) is 102 Å². The van der Waals surface area contributed by atoms with Crippen LogP contribution < -0.4 is 14.8 Å². The number of hydrogen-bond donors (Lipinski definition) is 1. The van der Waals surface area contributed by atoms with Gasteiger partial charge in [0.2, 0.25) is 0 Å². The molecule has 2 heterocycles. The molecule has 4 aromatic carbocycles. The fourth-order valence-corrected chi connectivity index (χ4v) is 5.75. The highest BCUT2D eigenvalue weighted by Crippen LogP contribution is 2.44. The normalized spacial score (nSPS) is 13.1. The molecule has 1 saturated heterocycles. The third-order valence-electron chi connectivity index (χ3n) is 7.85. The molecular weight excluding hydrogens is 586 g/mol. The highest BCUT2D eigenvalue weighted by Gasteiger charge is 2.27. The number of nitrogens with zero attached hydrogens (tertiary/aromatic N) is 2. The molecule has 5 aromatic rings. The molecule has 0 bridgehead atoms. The Labute approximate surface area is 268 Å². The van der Waals surface area contributed by atoms with Crippen LogP contribution in [0.1, 0.15) is 46.9 Å². The van der Waals surface area contributed by atoms with Crippen molar-refractivity contribution in [3.63, 3.8) is 0 Å². The average Bonchev–Trinajstić information content (AvgIpc) is 3.75. The van der Waals surface area contributed by atoms with Crippen LogP contribution >= 0.6 is 11.6 Å². The Morgan fingerprint density at radius 2 is 1.47 bits per heavy atom. The lowest BCUT2D eigenvalue weighted by atomic mass is 9.97. The Balaban J connectivity index is 1.39. The van der Waals surface area contributed by atoms with Crippen LogP contribution in [0.3, 0.4) is 0 Å². The van der Waals surface area contributed by atoms with E-state index < -0.39 is 0 Å². The second-order valence-electron chi connectivity index (χ2n) is 11.1. The van der Waals surface area contributed by atoms with Crippen molar-refractivity contribution in [2.24, 2.45) is 0 Å². The Hall–Kier alpha value is -4.59. The number of carbonyl (C=O) groups excluding carboxylic acids is 1. The van der Waals surface area contributed by atoms with Crippen LogP contribution in [0.4, 0.5) is 0 Å². The third kappa shape index (κ3) is 7.39. The first-order valence-corrected chi connectivity index (χ1v) is 15.7. The van der Waals surface area contributed by atoms with Gasteiger partial charge in [-0.05, 0) is 61.2 Å². The maximum atomic E-state index is 13.2. The van der Waals surface area contributed by atoms with Crippen molar-refractivity contribution in [2.75, 3.05) is 19.6 Å². The van der Waals surface area contributed by atoms with Crippen LogP contribution in [-0.4, -0.2) is 35.6 Å². The zero-order chi connectivity index (χ0) is 31.0. The summed E-state index contributed by atoms with van der Waals surface area (Å²) in [5.74, 6) is 1.05. The summed E-state index contributed by atoms with van der Waals surface area (Å²) in [6.07, 6.45) is 2.48. The second kappa shape index (κ2) is 14.5. The Bertz CT molecular complexity index is 1720. The number of rotatable bonds is 12. The van der Waals surface area contributed by atoms with Gasteiger partial charge in [-0.1, -0.05) is 102 Å². The Morgan fingerprint density at radius 3 is 2.09 bits per heavy atom. The predicted molar refractivity (Wildman–Crippen MR) is 176 cm³/mol. The van der Waals surface area contributed by atoms with E-state index in [1.54, 1.807) is 12.1 Å². The van der Waals surface area contributed by atoms with E-state index in [4.69, 9.17) is 25.6 Å². The fourth-order valence-electron chi connectivity index (χ4n) is 5.53. The lowest BCUT2D eigenvalue weighted by Gasteiger charge is -2.16. The summed E-state index contributed by atoms with van der Waals surface area (Å²) in [4.78, 5) is 15.7. The third-order valence-corrected chi connectivity index (χ3v) is 8.14. The van der Waals surface area contributed by atoms with E-state index in [0.717, 1.165) is 36.3 Å². The van der Waals surface area contributed by atoms with E-state index in [1.807, 2.05) is 79.7 Å². The minimum absolute atomic E-state index is 0.202. The van der Waals surface area contributed by atoms with Gasteiger partial charge in [0.15, 0.2) is 11.5 Å². The monoisotopic (exact) mass is 621 g/mol. The number of ether oxygens (including phenoxy) is 2. The molecule has 0 atom stereocenters. The zero-order valence-electron chi connectivity index (χ0n) is 25.3. The number of aromatic nitrogens is 1. The lowest BCUT2D eigenvalue weighted by Crippen LogP contribution is -2.23. The standard InChI is InChI=1S/C37H36ClN3O4/c1-2-39-37(42)35-34(29-17-15-26(16-18-29)23-41-19-9-10-20-41)36(45-40-35)30-21-31(38)33(44-25-28-13-7-4-8-14-28)22-32(30)43-24-27-11-5-3-6-12-27/h3-8,11-18,21-22H,2,9-10,19-20,23-25H2,1H3,(H,39,42). The Kier molecular flexibility index (Phi) is 9.78. The molecule has 45 heavy (non-hydrogen) atoms. The molecule has 1 amide bonds. The number of halogens is 1. The van der Waals surface area contributed by atoms with Gasteiger partial charge in [-0.15, -0.1) is 0 Å².